The molecule has 3 aromatic rings. The normalized spacial score (nSPS) is 19.5. The molecule has 0 saturated carbocycles. The zero-order valence-corrected chi connectivity index (χ0v) is 22.4. The molecule has 1 fully saturated rings. The standard InChI is InChI=1S/C30H35N3O3S/c1-21-9-6-7-12-24(21)30(34)32-27-15-16-29(26-14-8-13-25(26)27)37(35,36)33(20-23-10-4-3-5-11-23)28-17-18-31-19-22(28)2/h3-7,9-12,15-16,22,28,31H,8,13-14,17-20H2,1-2H3,(H,32,34). The summed E-state index contributed by atoms with van der Waals surface area (Å²) < 4.78 is 30.4. The van der Waals surface area contributed by atoms with Crippen LogP contribution >= 0.6 is 0 Å². The number of amides is 1. The van der Waals surface area contributed by atoms with E-state index in [0.717, 1.165) is 54.6 Å². The fourth-order valence-electron chi connectivity index (χ4n) is 5.75. The Bertz CT molecular complexity index is 1390. The minimum Gasteiger partial charge on any atom is -0.322 e. The van der Waals surface area contributed by atoms with E-state index in [1.807, 2.05) is 61.5 Å². The van der Waals surface area contributed by atoms with E-state index in [0.29, 0.717) is 29.1 Å². The summed E-state index contributed by atoms with van der Waals surface area (Å²) in [5.41, 5.74) is 5.02. The Hall–Kier alpha value is -3.00. The molecule has 1 heterocycles. The number of benzene rings is 3. The third-order valence-corrected chi connectivity index (χ3v) is 9.71. The molecule has 1 aliphatic carbocycles. The average Bonchev–Trinajstić information content (AvgIpc) is 3.39. The number of sulfonamides is 1. The van der Waals surface area contributed by atoms with Crippen LogP contribution in [0.1, 0.15) is 52.4 Å². The Balaban J connectivity index is 1.51. The first-order chi connectivity index (χ1) is 17.9. The lowest BCUT2D eigenvalue weighted by atomic mass is 9.95. The Morgan fingerprint density at radius 2 is 1.73 bits per heavy atom. The van der Waals surface area contributed by atoms with Gasteiger partial charge in [0.15, 0.2) is 0 Å². The van der Waals surface area contributed by atoms with Crippen molar-refractivity contribution in [1.29, 1.82) is 0 Å². The largest absolute Gasteiger partial charge is 0.322 e. The number of aryl methyl sites for hydroxylation is 1. The number of rotatable bonds is 7. The highest BCUT2D eigenvalue weighted by Gasteiger charge is 2.38. The number of anilines is 1. The Kier molecular flexibility index (Phi) is 7.47. The Labute approximate surface area is 220 Å². The number of carbonyl (C=O) groups is 1. The molecule has 1 amide bonds. The van der Waals surface area contributed by atoms with Crippen molar-refractivity contribution in [1.82, 2.24) is 9.62 Å². The predicted octanol–water partition coefficient (Wildman–Crippen LogP) is 4.92. The zero-order chi connectivity index (χ0) is 26.0. The molecule has 1 aliphatic heterocycles. The second-order valence-electron chi connectivity index (χ2n) is 10.3. The van der Waals surface area contributed by atoms with E-state index in [2.05, 4.69) is 17.6 Å². The van der Waals surface area contributed by atoms with Crippen LogP contribution in [0.25, 0.3) is 0 Å². The van der Waals surface area contributed by atoms with Gasteiger partial charge < -0.3 is 10.6 Å². The molecule has 5 rings (SSSR count). The third kappa shape index (κ3) is 5.21. The quantitative estimate of drug-likeness (QED) is 0.466. The van der Waals surface area contributed by atoms with Gasteiger partial charge in [0.2, 0.25) is 10.0 Å². The SMILES string of the molecule is Cc1ccccc1C(=O)Nc1ccc(S(=O)(=O)N(Cc2ccccc2)C2CCNCC2C)c2c1CCC2. The molecule has 2 N–H and O–H groups in total. The average molecular weight is 518 g/mol. The van der Waals surface area contributed by atoms with Crippen LogP contribution in [-0.2, 0) is 29.4 Å². The zero-order valence-electron chi connectivity index (χ0n) is 21.5. The monoisotopic (exact) mass is 517 g/mol. The van der Waals surface area contributed by atoms with Crippen LogP contribution in [0, 0.1) is 12.8 Å². The van der Waals surface area contributed by atoms with Gasteiger partial charge in [-0.1, -0.05) is 55.5 Å². The lowest BCUT2D eigenvalue weighted by molar-refractivity contribution is 0.102. The molecule has 194 valence electrons. The fraction of sp³-hybridized carbons (Fsp3) is 0.367. The van der Waals surface area contributed by atoms with Gasteiger partial charge in [0.25, 0.3) is 5.91 Å². The maximum atomic E-state index is 14.4. The van der Waals surface area contributed by atoms with Crippen molar-refractivity contribution in [3.63, 3.8) is 0 Å². The van der Waals surface area contributed by atoms with Crippen molar-refractivity contribution in [2.24, 2.45) is 5.92 Å². The molecule has 2 atom stereocenters. The summed E-state index contributed by atoms with van der Waals surface area (Å²) in [6.45, 7) is 5.99. The molecule has 6 nitrogen and oxygen atoms in total. The van der Waals surface area contributed by atoms with Crippen molar-refractivity contribution in [3.8, 4) is 0 Å². The van der Waals surface area contributed by atoms with Crippen molar-refractivity contribution in [2.45, 2.75) is 57.0 Å². The number of piperidine rings is 1. The Morgan fingerprint density at radius 3 is 2.49 bits per heavy atom. The van der Waals surface area contributed by atoms with Crippen LogP contribution in [0.5, 0.6) is 0 Å². The maximum Gasteiger partial charge on any atom is 0.255 e. The van der Waals surface area contributed by atoms with E-state index in [9.17, 15) is 13.2 Å². The minimum atomic E-state index is -3.77. The molecule has 1 saturated heterocycles. The van der Waals surface area contributed by atoms with Gasteiger partial charge in [-0.2, -0.15) is 4.31 Å². The van der Waals surface area contributed by atoms with Gasteiger partial charge in [0.1, 0.15) is 0 Å². The second kappa shape index (κ2) is 10.8. The van der Waals surface area contributed by atoms with Gasteiger partial charge in [-0.05, 0) is 92.1 Å². The van der Waals surface area contributed by atoms with Crippen molar-refractivity contribution < 1.29 is 13.2 Å². The second-order valence-corrected chi connectivity index (χ2v) is 12.1. The summed E-state index contributed by atoms with van der Waals surface area (Å²) in [6.07, 6.45) is 3.10. The summed E-state index contributed by atoms with van der Waals surface area (Å²) in [5.74, 6) is 0.0324. The lowest BCUT2D eigenvalue weighted by Gasteiger charge is -2.38. The van der Waals surface area contributed by atoms with Gasteiger partial charge in [-0.15, -0.1) is 0 Å². The highest BCUT2D eigenvalue weighted by atomic mass is 32.2. The van der Waals surface area contributed by atoms with Gasteiger partial charge in [0, 0.05) is 23.8 Å². The van der Waals surface area contributed by atoms with E-state index in [1.165, 1.54) is 0 Å². The number of nitrogens with one attached hydrogen (secondary N) is 2. The van der Waals surface area contributed by atoms with Gasteiger partial charge in [-0.25, -0.2) is 8.42 Å². The van der Waals surface area contributed by atoms with Crippen LogP contribution in [-0.4, -0.2) is 37.8 Å². The summed E-state index contributed by atoms with van der Waals surface area (Å²) in [5, 5.41) is 6.46. The Morgan fingerprint density at radius 1 is 1.00 bits per heavy atom. The number of nitrogens with zero attached hydrogens (tertiary/aromatic N) is 1. The van der Waals surface area contributed by atoms with Gasteiger partial charge >= 0.3 is 0 Å². The predicted molar refractivity (Wildman–Crippen MR) is 147 cm³/mol. The van der Waals surface area contributed by atoms with E-state index in [4.69, 9.17) is 0 Å². The number of carbonyl (C=O) groups excluding carboxylic acids is 1. The van der Waals surface area contributed by atoms with E-state index in [1.54, 1.807) is 16.4 Å². The van der Waals surface area contributed by atoms with Crippen LogP contribution < -0.4 is 10.6 Å². The molecule has 0 spiro atoms. The van der Waals surface area contributed by atoms with Crippen LogP contribution in [0.15, 0.2) is 71.6 Å². The molecule has 2 unspecified atom stereocenters. The minimum absolute atomic E-state index is 0.0797. The highest BCUT2D eigenvalue weighted by molar-refractivity contribution is 7.89. The fourth-order valence-corrected chi connectivity index (χ4v) is 7.77. The summed E-state index contributed by atoms with van der Waals surface area (Å²) >= 11 is 0. The van der Waals surface area contributed by atoms with E-state index < -0.39 is 10.0 Å². The van der Waals surface area contributed by atoms with Crippen molar-refractivity contribution in [3.05, 3.63) is 94.5 Å². The maximum absolute atomic E-state index is 14.4. The first kappa shape index (κ1) is 25.6. The number of hydrogen-bond donors (Lipinski definition) is 2. The first-order valence-electron chi connectivity index (χ1n) is 13.1. The van der Waals surface area contributed by atoms with Crippen molar-refractivity contribution in [2.75, 3.05) is 18.4 Å². The highest BCUT2D eigenvalue weighted by Crippen LogP contribution is 2.37. The topological polar surface area (TPSA) is 78.5 Å². The first-order valence-corrected chi connectivity index (χ1v) is 14.6. The van der Waals surface area contributed by atoms with Gasteiger partial charge in [0.05, 0.1) is 4.90 Å². The molecule has 0 aromatic heterocycles. The summed E-state index contributed by atoms with van der Waals surface area (Å²) in [7, 11) is -3.77. The van der Waals surface area contributed by atoms with Gasteiger partial charge in [-0.3, -0.25) is 4.79 Å². The van der Waals surface area contributed by atoms with Crippen LogP contribution in [0.3, 0.4) is 0 Å². The molecule has 0 radical (unpaired) electrons. The molecule has 7 heteroatoms. The molecule has 0 bridgehead atoms. The summed E-state index contributed by atoms with van der Waals surface area (Å²) in [6, 6.07) is 20.7. The molecular formula is C30H35N3O3S. The van der Waals surface area contributed by atoms with Crippen molar-refractivity contribution >= 4 is 21.6 Å². The number of fused-ring (bicyclic) bond motifs is 1. The third-order valence-electron chi connectivity index (χ3n) is 7.76. The van der Waals surface area contributed by atoms with E-state index >= 15 is 0 Å². The van der Waals surface area contributed by atoms with Crippen LogP contribution in [0.2, 0.25) is 0 Å². The van der Waals surface area contributed by atoms with Crippen LogP contribution in [0.4, 0.5) is 5.69 Å². The van der Waals surface area contributed by atoms with E-state index in [-0.39, 0.29) is 17.9 Å². The summed E-state index contributed by atoms with van der Waals surface area (Å²) in [4.78, 5) is 13.4. The molecule has 2 aliphatic rings. The smallest absolute Gasteiger partial charge is 0.255 e. The lowest BCUT2D eigenvalue weighted by Crippen LogP contribution is -2.50. The molecule has 3 aromatic carbocycles. The number of hydrogen-bond acceptors (Lipinski definition) is 4. The molecular weight excluding hydrogens is 482 g/mol. The molecule has 37 heavy (non-hydrogen) atoms.